The van der Waals surface area contributed by atoms with Crippen LogP contribution in [-0.2, 0) is 11.5 Å². The number of benzene rings is 2. The molecule has 2 aromatic heterocycles. The highest BCUT2D eigenvalue weighted by molar-refractivity contribution is 6.76. The maximum atomic E-state index is 13.8. The second kappa shape index (κ2) is 10.5. The van der Waals surface area contributed by atoms with E-state index in [1.54, 1.807) is 18.1 Å². The van der Waals surface area contributed by atoms with Crippen LogP contribution in [0.5, 0.6) is 0 Å². The van der Waals surface area contributed by atoms with Crippen molar-refractivity contribution < 1.29 is 13.5 Å². The summed E-state index contributed by atoms with van der Waals surface area (Å²) in [5, 5.41) is 5.70. The van der Waals surface area contributed by atoms with Crippen molar-refractivity contribution in [2.45, 2.75) is 32.4 Å². The number of pyridine rings is 1. The number of rotatable bonds is 9. The summed E-state index contributed by atoms with van der Waals surface area (Å²) >= 11 is 0. The summed E-state index contributed by atoms with van der Waals surface area (Å²) in [5.74, 6) is -1.23. The third kappa shape index (κ3) is 6.40. The van der Waals surface area contributed by atoms with E-state index in [-0.39, 0.29) is 0 Å². The average Bonchev–Trinajstić information content (AvgIpc) is 3.16. The minimum Gasteiger partial charge on any atom is -0.360 e. The Labute approximate surface area is 205 Å². The largest absolute Gasteiger partial charge is 0.360 e. The minimum atomic E-state index is -1.19. The molecule has 0 amide bonds. The smallest absolute Gasteiger partial charge is 0.140 e. The first-order valence-corrected chi connectivity index (χ1v) is 15.3. The van der Waals surface area contributed by atoms with E-state index in [0.717, 1.165) is 40.1 Å². The van der Waals surface area contributed by atoms with Crippen LogP contribution in [0.4, 0.5) is 20.2 Å². The second-order valence-electron chi connectivity index (χ2n) is 9.71. The molecule has 182 valence electrons. The number of anilines is 2. The van der Waals surface area contributed by atoms with Crippen LogP contribution in [0, 0.1) is 11.6 Å². The molecular formula is C27H30F2N4OSi. The molecule has 2 heterocycles. The molecule has 0 saturated heterocycles. The third-order valence-corrected chi connectivity index (χ3v) is 7.40. The molecule has 0 N–H and O–H groups in total. The normalized spacial score (nSPS) is 12.1. The number of hydrogen-bond acceptors (Lipinski definition) is 4. The van der Waals surface area contributed by atoms with Crippen LogP contribution in [0.3, 0.4) is 0 Å². The summed E-state index contributed by atoms with van der Waals surface area (Å²) in [6.07, 6.45) is 5.58. The van der Waals surface area contributed by atoms with E-state index in [4.69, 9.17) is 9.84 Å². The van der Waals surface area contributed by atoms with Crippen LogP contribution in [0.1, 0.15) is 11.4 Å². The number of aromatic nitrogens is 3. The number of nitrogens with zero attached hydrogens (tertiary/aromatic N) is 4. The SMILES string of the molecule is CN(c1cc(F)cc(F)c1)c1ccc2c(c1)c(/C=C/c1ccccn1)nn2COCC[Si](C)(C)C. The summed E-state index contributed by atoms with van der Waals surface area (Å²) in [5.41, 5.74) is 3.72. The highest BCUT2D eigenvalue weighted by Crippen LogP contribution is 2.30. The van der Waals surface area contributed by atoms with Crippen LogP contribution in [-0.4, -0.2) is 36.5 Å². The van der Waals surface area contributed by atoms with Crippen molar-refractivity contribution in [2.24, 2.45) is 0 Å². The number of fused-ring (bicyclic) bond motifs is 1. The van der Waals surface area contributed by atoms with Gasteiger partial charge in [-0.15, -0.1) is 0 Å². The summed E-state index contributed by atoms with van der Waals surface area (Å²) in [7, 11) is 0.594. The molecule has 4 rings (SSSR count). The maximum Gasteiger partial charge on any atom is 0.140 e. The van der Waals surface area contributed by atoms with Gasteiger partial charge in [-0.1, -0.05) is 25.7 Å². The molecule has 4 aromatic rings. The Hall–Kier alpha value is -3.36. The van der Waals surface area contributed by atoms with Crippen molar-refractivity contribution in [1.29, 1.82) is 0 Å². The fourth-order valence-corrected chi connectivity index (χ4v) is 4.43. The highest BCUT2D eigenvalue weighted by Gasteiger charge is 2.15. The molecule has 5 nitrogen and oxygen atoms in total. The number of halogens is 2. The summed E-state index contributed by atoms with van der Waals surface area (Å²) in [6.45, 7) is 8.01. The Morgan fingerprint density at radius 2 is 1.74 bits per heavy atom. The fourth-order valence-electron chi connectivity index (χ4n) is 3.67. The number of ether oxygens (including phenoxy) is 1. The van der Waals surface area contributed by atoms with Crippen molar-refractivity contribution in [3.63, 3.8) is 0 Å². The van der Waals surface area contributed by atoms with E-state index in [1.165, 1.54) is 12.1 Å². The second-order valence-corrected chi connectivity index (χ2v) is 15.3. The highest BCUT2D eigenvalue weighted by atomic mass is 28.3. The van der Waals surface area contributed by atoms with Gasteiger partial charge in [0.2, 0.25) is 0 Å². The quantitative estimate of drug-likeness (QED) is 0.187. The van der Waals surface area contributed by atoms with Gasteiger partial charge in [0.25, 0.3) is 0 Å². The van der Waals surface area contributed by atoms with Gasteiger partial charge in [-0.05, 0) is 60.7 Å². The Bertz CT molecular complexity index is 1310. The molecule has 0 aliphatic carbocycles. The zero-order chi connectivity index (χ0) is 25.0. The first kappa shape index (κ1) is 24.8. The first-order chi connectivity index (χ1) is 16.7. The van der Waals surface area contributed by atoms with E-state index in [9.17, 15) is 8.78 Å². The molecule has 35 heavy (non-hydrogen) atoms. The van der Waals surface area contributed by atoms with Crippen LogP contribution in [0.25, 0.3) is 23.1 Å². The predicted molar refractivity (Wildman–Crippen MR) is 141 cm³/mol. The predicted octanol–water partition coefficient (Wildman–Crippen LogP) is 6.96. The lowest BCUT2D eigenvalue weighted by atomic mass is 10.1. The van der Waals surface area contributed by atoms with Gasteiger partial charge in [-0.2, -0.15) is 5.10 Å². The van der Waals surface area contributed by atoms with Crippen LogP contribution < -0.4 is 4.90 Å². The Morgan fingerprint density at radius 3 is 2.43 bits per heavy atom. The number of hydrogen-bond donors (Lipinski definition) is 0. The van der Waals surface area contributed by atoms with Gasteiger partial charge in [0, 0.05) is 50.8 Å². The molecule has 0 aliphatic heterocycles. The Balaban J connectivity index is 1.68. The zero-order valence-electron chi connectivity index (χ0n) is 20.5. The molecule has 2 aromatic carbocycles. The lowest BCUT2D eigenvalue weighted by Gasteiger charge is -2.20. The summed E-state index contributed by atoms with van der Waals surface area (Å²) in [6, 6.07) is 16.1. The molecule has 0 spiro atoms. The molecule has 0 atom stereocenters. The standard InChI is InChI=1S/C27H30F2N4OSi/c1-32(24-16-20(28)15-21(29)17-24)23-9-11-27-25(18-23)26(10-8-22-7-5-6-12-30-22)31-33(27)19-34-13-14-35(2,3)4/h5-12,15-18H,13-14,19H2,1-4H3/b10-8+. The van der Waals surface area contributed by atoms with E-state index < -0.39 is 19.7 Å². The van der Waals surface area contributed by atoms with Crippen molar-refractivity contribution in [2.75, 3.05) is 18.6 Å². The maximum absolute atomic E-state index is 13.8. The Kier molecular flexibility index (Phi) is 7.42. The van der Waals surface area contributed by atoms with Crippen LogP contribution >= 0.6 is 0 Å². The van der Waals surface area contributed by atoms with Gasteiger partial charge in [-0.3, -0.25) is 4.98 Å². The van der Waals surface area contributed by atoms with Gasteiger partial charge >= 0.3 is 0 Å². The van der Waals surface area contributed by atoms with Crippen molar-refractivity contribution in [1.82, 2.24) is 14.8 Å². The lowest BCUT2D eigenvalue weighted by Crippen LogP contribution is -2.22. The fraction of sp³-hybridized carbons (Fsp3) is 0.259. The molecule has 8 heteroatoms. The van der Waals surface area contributed by atoms with Crippen LogP contribution in [0.15, 0.2) is 60.8 Å². The summed E-state index contributed by atoms with van der Waals surface area (Å²) in [4.78, 5) is 6.09. The molecule has 0 bridgehead atoms. The zero-order valence-corrected chi connectivity index (χ0v) is 21.5. The summed E-state index contributed by atoms with van der Waals surface area (Å²) < 4.78 is 35.4. The van der Waals surface area contributed by atoms with E-state index >= 15 is 0 Å². The van der Waals surface area contributed by atoms with Crippen LogP contribution in [0.2, 0.25) is 25.7 Å². The lowest BCUT2D eigenvalue weighted by molar-refractivity contribution is 0.0816. The van der Waals surface area contributed by atoms with Gasteiger partial charge in [-0.25, -0.2) is 13.5 Å². The topological polar surface area (TPSA) is 43.2 Å². The molecule has 0 fully saturated rings. The molecule has 0 radical (unpaired) electrons. The van der Waals surface area contributed by atoms with E-state index in [2.05, 4.69) is 24.6 Å². The van der Waals surface area contributed by atoms with Crippen molar-refractivity contribution in [3.8, 4) is 0 Å². The minimum absolute atomic E-state index is 0.350. The van der Waals surface area contributed by atoms with E-state index in [0.29, 0.717) is 19.0 Å². The Morgan fingerprint density at radius 1 is 0.971 bits per heavy atom. The molecule has 0 saturated carbocycles. The van der Waals surface area contributed by atoms with Gasteiger partial charge in [0.1, 0.15) is 18.4 Å². The third-order valence-electron chi connectivity index (χ3n) is 5.69. The molecular weight excluding hydrogens is 462 g/mol. The van der Waals surface area contributed by atoms with Gasteiger partial charge in [0.05, 0.1) is 16.9 Å². The average molecular weight is 493 g/mol. The molecule has 0 unspecified atom stereocenters. The van der Waals surface area contributed by atoms with E-state index in [1.807, 2.05) is 53.2 Å². The first-order valence-electron chi connectivity index (χ1n) is 11.6. The molecule has 0 aliphatic rings. The van der Waals surface area contributed by atoms with Crippen molar-refractivity contribution in [3.05, 3.63) is 83.8 Å². The van der Waals surface area contributed by atoms with Gasteiger partial charge in [0.15, 0.2) is 0 Å². The monoisotopic (exact) mass is 492 g/mol. The van der Waals surface area contributed by atoms with Crippen molar-refractivity contribution >= 4 is 42.5 Å². The van der Waals surface area contributed by atoms with Gasteiger partial charge < -0.3 is 9.64 Å².